The zero-order valence-corrected chi connectivity index (χ0v) is 12.5. The highest BCUT2D eigenvalue weighted by atomic mass is 16.1. The van der Waals surface area contributed by atoms with E-state index >= 15 is 0 Å². The Morgan fingerprint density at radius 2 is 1.95 bits per heavy atom. The van der Waals surface area contributed by atoms with Crippen molar-refractivity contribution in [3.05, 3.63) is 0 Å². The molecule has 0 aromatic carbocycles. The number of piperidine rings is 1. The van der Waals surface area contributed by atoms with Crippen LogP contribution in [-0.2, 0) is 4.79 Å². The summed E-state index contributed by atoms with van der Waals surface area (Å²) in [5.41, 5.74) is 0. The van der Waals surface area contributed by atoms with E-state index in [2.05, 4.69) is 29.4 Å². The Bertz CT molecular complexity index is 283. The van der Waals surface area contributed by atoms with Gasteiger partial charge in [0.2, 0.25) is 5.91 Å². The van der Waals surface area contributed by atoms with Crippen molar-refractivity contribution >= 4 is 5.91 Å². The summed E-state index contributed by atoms with van der Waals surface area (Å²) < 4.78 is 0. The Kier molecular flexibility index (Phi) is 5.64. The van der Waals surface area contributed by atoms with E-state index in [0.29, 0.717) is 12.6 Å². The molecule has 110 valence electrons. The molecule has 1 heterocycles. The summed E-state index contributed by atoms with van der Waals surface area (Å²) >= 11 is 0. The second-order valence-corrected chi connectivity index (χ2v) is 6.45. The van der Waals surface area contributed by atoms with Crippen LogP contribution in [0.25, 0.3) is 0 Å². The molecule has 0 bridgehead atoms. The fourth-order valence-corrected chi connectivity index (χ4v) is 2.63. The molecule has 19 heavy (non-hydrogen) atoms. The number of hydrogen-bond donors (Lipinski definition) is 2. The first-order valence-electron chi connectivity index (χ1n) is 7.86. The summed E-state index contributed by atoms with van der Waals surface area (Å²) in [5.74, 6) is 1.84. The number of likely N-dealkylation sites (tertiary alicyclic amines) is 1. The van der Waals surface area contributed by atoms with E-state index in [1.54, 1.807) is 0 Å². The topological polar surface area (TPSA) is 44.4 Å². The molecule has 2 fully saturated rings. The maximum absolute atomic E-state index is 11.7. The number of nitrogens with one attached hydrogen (secondary N) is 2. The van der Waals surface area contributed by atoms with Gasteiger partial charge in [-0.3, -0.25) is 9.69 Å². The smallest absolute Gasteiger partial charge is 0.234 e. The first kappa shape index (κ1) is 14.8. The molecule has 4 nitrogen and oxygen atoms in total. The summed E-state index contributed by atoms with van der Waals surface area (Å²) in [5, 5.41) is 6.27. The van der Waals surface area contributed by atoms with Crippen LogP contribution in [0.3, 0.4) is 0 Å². The highest BCUT2D eigenvalue weighted by Crippen LogP contribution is 2.27. The van der Waals surface area contributed by atoms with Crippen LogP contribution in [0.2, 0.25) is 0 Å². The van der Waals surface area contributed by atoms with Gasteiger partial charge in [-0.25, -0.2) is 0 Å². The maximum atomic E-state index is 11.7. The molecule has 0 radical (unpaired) electrons. The number of carbonyl (C=O) groups excluding carboxylic acids is 1. The van der Waals surface area contributed by atoms with Gasteiger partial charge < -0.3 is 10.6 Å². The lowest BCUT2D eigenvalue weighted by molar-refractivity contribution is -0.120. The van der Waals surface area contributed by atoms with Crippen molar-refractivity contribution in [2.75, 3.05) is 32.7 Å². The molecule has 2 rings (SSSR count). The summed E-state index contributed by atoms with van der Waals surface area (Å²) in [6.45, 7) is 9.16. The summed E-state index contributed by atoms with van der Waals surface area (Å²) in [7, 11) is 0. The SMILES string of the molecule is CC1CCN(C(C)CNC(=O)CNCC2CC2)CC1. The predicted octanol–water partition coefficient (Wildman–Crippen LogP) is 1.22. The fraction of sp³-hybridized carbons (Fsp3) is 0.933. The average Bonchev–Trinajstić information content (AvgIpc) is 3.21. The van der Waals surface area contributed by atoms with Crippen molar-refractivity contribution < 1.29 is 4.79 Å². The predicted molar refractivity (Wildman–Crippen MR) is 78.0 cm³/mol. The Morgan fingerprint density at radius 3 is 2.58 bits per heavy atom. The van der Waals surface area contributed by atoms with Crippen LogP contribution < -0.4 is 10.6 Å². The van der Waals surface area contributed by atoms with Crippen LogP contribution in [0.4, 0.5) is 0 Å². The minimum atomic E-state index is 0.137. The van der Waals surface area contributed by atoms with Crippen LogP contribution in [0.5, 0.6) is 0 Å². The van der Waals surface area contributed by atoms with Crippen molar-refractivity contribution in [3.63, 3.8) is 0 Å². The van der Waals surface area contributed by atoms with E-state index in [-0.39, 0.29) is 5.91 Å². The zero-order chi connectivity index (χ0) is 13.7. The molecular weight excluding hydrogens is 238 g/mol. The molecule has 1 amide bonds. The lowest BCUT2D eigenvalue weighted by Gasteiger charge is -2.35. The fourth-order valence-electron chi connectivity index (χ4n) is 2.63. The van der Waals surface area contributed by atoms with Crippen LogP contribution in [0.1, 0.15) is 39.5 Å². The maximum Gasteiger partial charge on any atom is 0.234 e. The lowest BCUT2D eigenvalue weighted by atomic mass is 9.98. The van der Waals surface area contributed by atoms with Crippen molar-refractivity contribution in [2.24, 2.45) is 11.8 Å². The number of hydrogen-bond acceptors (Lipinski definition) is 3. The van der Waals surface area contributed by atoms with E-state index in [4.69, 9.17) is 0 Å². The molecule has 1 saturated heterocycles. The molecule has 1 aliphatic carbocycles. The number of nitrogens with zero attached hydrogens (tertiary/aromatic N) is 1. The normalized spacial score (nSPS) is 23.3. The molecule has 2 aliphatic rings. The first-order chi connectivity index (χ1) is 9.15. The largest absolute Gasteiger partial charge is 0.353 e. The van der Waals surface area contributed by atoms with Gasteiger partial charge in [0.05, 0.1) is 6.54 Å². The summed E-state index contributed by atoms with van der Waals surface area (Å²) in [4.78, 5) is 14.2. The third-order valence-corrected chi connectivity index (χ3v) is 4.45. The average molecular weight is 267 g/mol. The standard InChI is InChI=1S/C15H29N3O/c1-12-5-7-18(8-6-12)13(2)9-17-15(19)11-16-10-14-3-4-14/h12-14,16H,3-11H2,1-2H3,(H,17,19). The number of rotatable bonds is 7. The van der Waals surface area contributed by atoms with Crippen LogP contribution in [0.15, 0.2) is 0 Å². The van der Waals surface area contributed by atoms with Crippen molar-refractivity contribution in [2.45, 2.75) is 45.6 Å². The van der Waals surface area contributed by atoms with Crippen LogP contribution in [-0.4, -0.2) is 49.6 Å². The second-order valence-electron chi connectivity index (χ2n) is 6.45. The Hall–Kier alpha value is -0.610. The Labute approximate surface area is 117 Å². The van der Waals surface area contributed by atoms with Crippen molar-refractivity contribution in [3.8, 4) is 0 Å². The Morgan fingerprint density at radius 1 is 1.26 bits per heavy atom. The van der Waals surface area contributed by atoms with E-state index in [1.165, 1.54) is 38.8 Å². The second kappa shape index (κ2) is 7.25. The highest BCUT2D eigenvalue weighted by Gasteiger charge is 2.21. The van der Waals surface area contributed by atoms with Crippen LogP contribution >= 0.6 is 0 Å². The van der Waals surface area contributed by atoms with Gasteiger partial charge in [0, 0.05) is 12.6 Å². The van der Waals surface area contributed by atoms with Crippen molar-refractivity contribution in [1.29, 1.82) is 0 Å². The van der Waals surface area contributed by atoms with Crippen LogP contribution in [0, 0.1) is 11.8 Å². The third-order valence-electron chi connectivity index (χ3n) is 4.45. The van der Waals surface area contributed by atoms with Gasteiger partial charge in [0.25, 0.3) is 0 Å². The Balaban J connectivity index is 1.54. The first-order valence-corrected chi connectivity index (χ1v) is 7.86. The van der Waals surface area contributed by atoms with Crippen molar-refractivity contribution in [1.82, 2.24) is 15.5 Å². The molecule has 1 aliphatic heterocycles. The molecule has 1 atom stereocenters. The van der Waals surface area contributed by atoms with E-state index in [1.807, 2.05) is 0 Å². The van der Waals surface area contributed by atoms with Gasteiger partial charge in [-0.15, -0.1) is 0 Å². The zero-order valence-electron chi connectivity index (χ0n) is 12.5. The minimum absolute atomic E-state index is 0.137. The molecular formula is C15H29N3O. The summed E-state index contributed by atoms with van der Waals surface area (Å²) in [6.07, 6.45) is 5.25. The molecule has 2 N–H and O–H groups in total. The number of carbonyl (C=O) groups is 1. The van der Waals surface area contributed by atoms with E-state index < -0.39 is 0 Å². The van der Waals surface area contributed by atoms with Gasteiger partial charge >= 0.3 is 0 Å². The molecule has 0 aromatic heterocycles. The molecule has 0 aromatic rings. The van der Waals surface area contributed by atoms with Gasteiger partial charge in [0.15, 0.2) is 0 Å². The van der Waals surface area contributed by atoms with Gasteiger partial charge in [-0.2, -0.15) is 0 Å². The van der Waals surface area contributed by atoms with Gasteiger partial charge in [-0.1, -0.05) is 6.92 Å². The number of amides is 1. The third kappa shape index (κ3) is 5.49. The van der Waals surface area contributed by atoms with Gasteiger partial charge in [0.1, 0.15) is 0 Å². The summed E-state index contributed by atoms with van der Waals surface area (Å²) in [6, 6.07) is 0.458. The van der Waals surface area contributed by atoms with E-state index in [9.17, 15) is 4.79 Å². The lowest BCUT2D eigenvalue weighted by Crippen LogP contribution is -2.46. The molecule has 1 saturated carbocycles. The minimum Gasteiger partial charge on any atom is -0.353 e. The molecule has 0 spiro atoms. The quantitative estimate of drug-likeness (QED) is 0.729. The monoisotopic (exact) mass is 267 g/mol. The van der Waals surface area contributed by atoms with E-state index in [0.717, 1.165) is 24.9 Å². The molecule has 4 heteroatoms. The molecule has 1 unspecified atom stereocenters. The van der Waals surface area contributed by atoms with Gasteiger partial charge in [-0.05, 0) is 64.1 Å². The highest BCUT2D eigenvalue weighted by molar-refractivity contribution is 5.77.